The normalized spacial score (nSPS) is 8.94. The average Bonchev–Trinajstić information content (AvgIpc) is 2.15. The number of methoxy groups -OCH3 is 1. The van der Waals surface area contributed by atoms with E-state index < -0.39 is 7.82 Å². The minimum Gasteiger partial charge on any atom is -1.00 e. The Bertz CT molecular complexity index is 376. The van der Waals surface area contributed by atoms with Crippen LogP contribution in [0, 0.1) is 5.39 Å². The van der Waals surface area contributed by atoms with E-state index in [1.54, 1.807) is 31.4 Å². The average molecular weight is 252 g/mol. The molecule has 7 nitrogen and oxygen atoms in total. The predicted molar refractivity (Wildman–Crippen MR) is 52.0 cm³/mol. The van der Waals surface area contributed by atoms with Gasteiger partial charge in [-0.1, -0.05) is 0 Å². The van der Waals surface area contributed by atoms with Gasteiger partial charge in [0.25, 0.3) is 0 Å². The van der Waals surface area contributed by atoms with E-state index in [4.69, 9.17) is 29.4 Å². The Balaban J connectivity index is 0. The molecule has 0 spiro atoms. The van der Waals surface area contributed by atoms with Crippen LogP contribution in [-0.4, -0.2) is 21.8 Å². The van der Waals surface area contributed by atoms with Gasteiger partial charge in [-0.05, 0) is 12.1 Å². The van der Waals surface area contributed by atoms with E-state index in [2.05, 4.69) is 4.98 Å². The number of benzene rings is 1. The Morgan fingerprint density at radius 1 is 1.25 bits per heavy atom. The number of hydrogen-bond donors (Lipinski definition) is 3. The van der Waals surface area contributed by atoms with Crippen LogP contribution in [0.1, 0.15) is 0 Å². The molecule has 1 rings (SSSR count). The Morgan fingerprint density at radius 3 is 1.88 bits per heavy atom. The number of hydrogen-bond acceptors (Lipinski definition) is 3. The molecule has 0 fully saturated rings. The number of halogens is 1. The molecule has 3 N–H and O–H groups in total. The molecule has 1 aromatic carbocycles. The number of rotatable bonds is 1. The van der Waals surface area contributed by atoms with Crippen LogP contribution >= 0.6 is 7.82 Å². The van der Waals surface area contributed by atoms with E-state index in [1.165, 1.54) is 0 Å². The summed E-state index contributed by atoms with van der Waals surface area (Å²) in [7, 11) is -3.05. The van der Waals surface area contributed by atoms with E-state index in [0.717, 1.165) is 5.75 Å². The van der Waals surface area contributed by atoms with Crippen LogP contribution in [-0.2, 0) is 4.57 Å². The summed E-state index contributed by atoms with van der Waals surface area (Å²) in [5.41, 5.74) is 0.529. The van der Waals surface area contributed by atoms with Crippen LogP contribution < -0.4 is 9.44 Å². The van der Waals surface area contributed by atoms with Crippen molar-refractivity contribution >= 4 is 13.5 Å². The lowest BCUT2D eigenvalue weighted by Gasteiger charge is -1.93. The maximum absolute atomic E-state index is 8.88. The molecule has 0 saturated carbocycles. The number of ether oxygens (including phenoxy) is 1. The minimum atomic E-state index is -4.64. The highest BCUT2D eigenvalue weighted by atomic mass is 31.2. The summed E-state index contributed by atoms with van der Waals surface area (Å²) in [4.78, 5) is 24.6. The summed E-state index contributed by atoms with van der Waals surface area (Å²) in [5.74, 6) is 0.757. The number of diazo groups is 1. The van der Waals surface area contributed by atoms with Crippen LogP contribution in [0.4, 0.5) is 5.69 Å². The topological polar surface area (TPSA) is 115 Å². The summed E-state index contributed by atoms with van der Waals surface area (Å²) < 4.78 is 13.8. The van der Waals surface area contributed by atoms with Crippen molar-refractivity contribution < 1.29 is 28.7 Å². The van der Waals surface area contributed by atoms with Crippen molar-refractivity contribution in [2.24, 2.45) is 0 Å². The van der Waals surface area contributed by atoms with Crippen molar-refractivity contribution in [3.05, 3.63) is 29.2 Å². The van der Waals surface area contributed by atoms with Gasteiger partial charge in [-0.15, -0.1) is 0 Å². The van der Waals surface area contributed by atoms with Crippen molar-refractivity contribution in [3.63, 3.8) is 0 Å². The van der Waals surface area contributed by atoms with Crippen LogP contribution in [0.15, 0.2) is 24.3 Å². The molecular weight excluding hydrogens is 242 g/mol. The molecule has 0 atom stereocenters. The molecule has 0 radical (unpaired) electrons. The molecule has 0 aliphatic heterocycles. The molecule has 0 aliphatic carbocycles. The maximum atomic E-state index is 8.88. The van der Waals surface area contributed by atoms with Crippen LogP contribution in [0.25, 0.3) is 4.98 Å². The van der Waals surface area contributed by atoms with Crippen molar-refractivity contribution in [2.75, 3.05) is 7.11 Å². The van der Waals surface area contributed by atoms with Crippen LogP contribution in [0.3, 0.4) is 0 Å². The largest absolute Gasteiger partial charge is 1.00 e. The number of nitrogens with zero attached hydrogens (tertiary/aromatic N) is 2. The zero-order valence-electron chi connectivity index (χ0n) is 8.19. The molecule has 0 amide bonds. The minimum absolute atomic E-state index is 0. The van der Waals surface area contributed by atoms with Gasteiger partial charge in [0.1, 0.15) is 5.75 Å². The fourth-order valence-corrected chi connectivity index (χ4v) is 0.649. The quantitative estimate of drug-likeness (QED) is 0.403. The Labute approximate surface area is 90.5 Å². The maximum Gasteiger partial charge on any atom is 0.466 e. The molecule has 1 aromatic rings. The van der Waals surface area contributed by atoms with E-state index in [1.807, 2.05) is 0 Å². The molecule has 0 aliphatic rings. The SMILES string of the molecule is COc1ccc([N+]#N)cc1.O=P(O)(O)O.[F-]. The second kappa shape index (κ2) is 7.73. The van der Waals surface area contributed by atoms with Crippen LogP contribution in [0.5, 0.6) is 5.75 Å². The summed E-state index contributed by atoms with van der Waals surface area (Å²) >= 11 is 0. The van der Waals surface area contributed by atoms with Gasteiger partial charge in [-0.25, -0.2) is 4.57 Å². The van der Waals surface area contributed by atoms with Gasteiger partial charge in [-0.2, -0.15) is 0 Å². The first kappa shape index (κ1) is 16.9. The van der Waals surface area contributed by atoms with Gasteiger partial charge < -0.3 is 24.1 Å². The van der Waals surface area contributed by atoms with Gasteiger partial charge in [0.05, 0.1) is 7.11 Å². The first-order chi connectivity index (χ1) is 6.86. The highest BCUT2D eigenvalue weighted by Crippen LogP contribution is 2.25. The molecule has 0 unspecified atom stereocenters. The zero-order valence-corrected chi connectivity index (χ0v) is 9.08. The first-order valence-electron chi connectivity index (χ1n) is 3.64. The summed E-state index contributed by atoms with van der Waals surface area (Å²) in [6, 6.07) is 6.79. The zero-order chi connectivity index (χ0) is 11.9. The fraction of sp³-hybridized carbons (Fsp3) is 0.143. The Kier molecular flexibility index (Phi) is 8.16. The highest BCUT2D eigenvalue weighted by Gasteiger charge is 2.01. The third kappa shape index (κ3) is 10.6. The lowest BCUT2D eigenvalue weighted by molar-refractivity contribution is -0.0000128. The van der Waals surface area contributed by atoms with Gasteiger partial charge >= 0.3 is 13.5 Å². The number of phosphoric acid groups is 1. The second-order valence-corrected chi connectivity index (χ2v) is 3.34. The predicted octanol–water partition coefficient (Wildman–Crippen LogP) is -1.74. The molecular formula is C7H10FN2O5P. The van der Waals surface area contributed by atoms with E-state index in [9.17, 15) is 0 Å². The molecule has 90 valence electrons. The first-order valence-corrected chi connectivity index (χ1v) is 5.21. The molecule has 0 bridgehead atoms. The van der Waals surface area contributed by atoms with Crippen LogP contribution in [0.2, 0.25) is 0 Å². The van der Waals surface area contributed by atoms with Crippen molar-refractivity contribution in [2.45, 2.75) is 0 Å². The van der Waals surface area contributed by atoms with Gasteiger partial charge in [-0.3, -0.25) is 0 Å². The van der Waals surface area contributed by atoms with Crippen molar-refractivity contribution in [1.82, 2.24) is 0 Å². The lowest BCUT2D eigenvalue weighted by Crippen LogP contribution is -3.00. The third-order valence-corrected chi connectivity index (χ3v) is 1.19. The van der Waals surface area contributed by atoms with Crippen molar-refractivity contribution in [1.29, 1.82) is 5.39 Å². The standard InChI is InChI=1S/C7H7N2O.FH.H3O4P/c1-10-7-4-2-6(9-8)3-5-7;;1-5(2,3)4/h2-5H,1H3;1H;(H3,1,2,3,4)/q+1;;/p-1. The van der Waals surface area contributed by atoms with Gasteiger partial charge in [0.2, 0.25) is 5.39 Å². The van der Waals surface area contributed by atoms with Gasteiger partial charge in [0.15, 0.2) is 4.98 Å². The molecule has 9 heteroatoms. The summed E-state index contributed by atoms with van der Waals surface area (Å²) in [5, 5.41) is 8.29. The summed E-state index contributed by atoms with van der Waals surface area (Å²) in [6.07, 6.45) is 0. The Hall–Kier alpha value is -1.52. The van der Waals surface area contributed by atoms with E-state index >= 15 is 0 Å². The van der Waals surface area contributed by atoms with Crippen molar-refractivity contribution in [3.8, 4) is 5.75 Å². The highest BCUT2D eigenvalue weighted by molar-refractivity contribution is 7.45. The van der Waals surface area contributed by atoms with Gasteiger partial charge in [0, 0.05) is 12.1 Å². The monoisotopic (exact) mass is 252 g/mol. The molecule has 0 saturated heterocycles. The van der Waals surface area contributed by atoms with E-state index in [0.29, 0.717) is 5.69 Å². The fourth-order valence-electron chi connectivity index (χ4n) is 0.649. The lowest BCUT2D eigenvalue weighted by atomic mass is 10.3. The second-order valence-electron chi connectivity index (χ2n) is 2.31. The molecule has 0 aromatic heterocycles. The molecule has 16 heavy (non-hydrogen) atoms. The molecule has 0 heterocycles. The smallest absolute Gasteiger partial charge is 0.466 e. The van der Waals surface area contributed by atoms with E-state index in [-0.39, 0.29) is 4.70 Å². The third-order valence-electron chi connectivity index (χ3n) is 1.19. The summed E-state index contributed by atoms with van der Waals surface area (Å²) in [6.45, 7) is 0. The Morgan fingerprint density at radius 2 is 1.62 bits per heavy atom.